The highest BCUT2D eigenvalue weighted by Crippen LogP contribution is 2.20. The third-order valence-corrected chi connectivity index (χ3v) is 3.55. The molecular weight excluding hydrogens is 222 g/mol. The molecule has 0 aromatic rings. The van der Waals surface area contributed by atoms with Gasteiger partial charge in [-0.2, -0.15) is 0 Å². The average molecular weight is 241 g/mol. The summed E-state index contributed by atoms with van der Waals surface area (Å²) >= 11 is 0. The molecule has 17 heavy (non-hydrogen) atoms. The summed E-state index contributed by atoms with van der Waals surface area (Å²) in [6.45, 7) is 1.66. The van der Waals surface area contributed by atoms with Crippen LogP contribution in [0, 0.1) is 5.92 Å². The number of likely N-dealkylation sites (tertiary alicyclic amines) is 1. The first kappa shape index (κ1) is 12.4. The van der Waals surface area contributed by atoms with Crippen molar-refractivity contribution in [1.82, 2.24) is 4.90 Å². The van der Waals surface area contributed by atoms with E-state index in [1.807, 2.05) is 0 Å². The first-order chi connectivity index (χ1) is 8.16. The Hall–Kier alpha value is -1.10. The van der Waals surface area contributed by atoms with Crippen molar-refractivity contribution in [3.63, 3.8) is 0 Å². The van der Waals surface area contributed by atoms with Crippen molar-refractivity contribution in [3.8, 4) is 0 Å². The number of rotatable bonds is 3. The third kappa shape index (κ3) is 3.19. The lowest BCUT2D eigenvalue weighted by atomic mass is 9.97. The highest BCUT2D eigenvalue weighted by Gasteiger charge is 2.31. The topological polar surface area (TPSA) is 66.8 Å². The van der Waals surface area contributed by atoms with Crippen molar-refractivity contribution >= 4 is 11.9 Å². The normalized spacial score (nSPS) is 30.4. The molecule has 2 saturated heterocycles. The number of piperidine rings is 1. The first-order valence-corrected chi connectivity index (χ1v) is 6.29. The lowest BCUT2D eigenvalue weighted by molar-refractivity contribution is -0.148. The van der Waals surface area contributed by atoms with Crippen molar-refractivity contribution in [3.05, 3.63) is 0 Å². The molecule has 0 saturated carbocycles. The van der Waals surface area contributed by atoms with E-state index in [0.717, 1.165) is 25.9 Å². The van der Waals surface area contributed by atoms with Crippen LogP contribution in [0.4, 0.5) is 0 Å². The zero-order valence-corrected chi connectivity index (χ0v) is 9.93. The molecule has 2 heterocycles. The Balaban J connectivity index is 1.88. The van der Waals surface area contributed by atoms with Crippen LogP contribution in [0.15, 0.2) is 0 Å². The van der Waals surface area contributed by atoms with Gasteiger partial charge in [-0.25, -0.2) is 0 Å². The van der Waals surface area contributed by atoms with E-state index in [4.69, 9.17) is 9.84 Å². The fraction of sp³-hybridized carbons (Fsp3) is 0.833. The third-order valence-electron chi connectivity index (χ3n) is 3.55. The van der Waals surface area contributed by atoms with Crippen LogP contribution in [-0.2, 0) is 14.3 Å². The van der Waals surface area contributed by atoms with Crippen molar-refractivity contribution in [1.29, 1.82) is 0 Å². The number of carboxylic acids is 1. The van der Waals surface area contributed by atoms with Crippen LogP contribution in [0.1, 0.15) is 32.1 Å². The molecule has 5 nitrogen and oxygen atoms in total. The monoisotopic (exact) mass is 241 g/mol. The summed E-state index contributed by atoms with van der Waals surface area (Å²) in [5.74, 6) is -1.14. The number of amides is 1. The van der Waals surface area contributed by atoms with Gasteiger partial charge in [0.1, 0.15) is 0 Å². The molecule has 0 spiro atoms. The molecule has 0 bridgehead atoms. The number of aliphatic carboxylic acids is 1. The number of hydrogen-bond donors (Lipinski definition) is 1. The van der Waals surface area contributed by atoms with E-state index in [0.29, 0.717) is 25.9 Å². The van der Waals surface area contributed by atoms with Gasteiger partial charge in [0.2, 0.25) is 5.91 Å². The lowest BCUT2D eigenvalue weighted by Crippen LogP contribution is -2.46. The molecular formula is C12H19NO4. The maximum absolute atomic E-state index is 11.7. The zero-order chi connectivity index (χ0) is 12.3. The Bertz CT molecular complexity index is 299. The zero-order valence-electron chi connectivity index (χ0n) is 9.93. The Morgan fingerprint density at radius 2 is 2.24 bits per heavy atom. The van der Waals surface area contributed by atoms with Gasteiger partial charge in [0.05, 0.1) is 12.0 Å². The van der Waals surface area contributed by atoms with Crippen LogP contribution in [0.5, 0.6) is 0 Å². The van der Waals surface area contributed by atoms with Crippen molar-refractivity contribution in [2.45, 2.75) is 38.2 Å². The van der Waals surface area contributed by atoms with Gasteiger partial charge < -0.3 is 14.7 Å². The lowest BCUT2D eigenvalue weighted by Gasteiger charge is -2.34. The molecule has 1 N–H and O–H groups in total. The van der Waals surface area contributed by atoms with Gasteiger partial charge in [0.25, 0.3) is 0 Å². The highest BCUT2D eigenvalue weighted by atomic mass is 16.5. The molecule has 2 fully saturated rings. The fourth-order valence-corrected chi connectivity index (χ4v) is 2.49. The van der Waals surface area contributed by atoms with E-state index in [-0.39, 0.29) is 12.0 Å². The van der Waals surface area contributed by atoms with Gasteiger partial charge in [-0.15, -0.1) is 0 Å². The summed E-state index contributed by atoms with van der Waals surface area (Å²) in [7, 11) is 0. The fourth-order valence-electron chi connectivity index (χ4n) is 2.49. The van der Waals surface area contributed by atoms with Crippen molar-refractivity contribution in [2.24, 2.45) is 5.92 Å². The van der Waals surface area contributed by atoms with Crippen LogP contribution in [0.3, 0.4) is 0 Å². The second-order valence-corrected chi connectivity index (χ2v) is 4.86. The number of carbonyl (C=O) groups excluding carboxylic acids is 1. The van der Waals surface area contributed by atoms with Crippen molar-refractivity contribution < 1.29 is 19.4 Å². The second kappa shape index (κ2) is 5.49. The minimum atomic E-state index is -0.799. The molecule has 5 heteroatoms. The predicted molar refractivity (Wildman–Crippen MR) is 60.5 cm³/mol. The summed E-state index contributed by atoms with van der Waals surface area (Å²) < 4.78 is 5.58. The minimum absolute atomic E-state index is 0.0664. The van der Waals surface area contributed by atoms with Gasteiger partial charge in [0, 0.05) is 26.1 Å². The molecule has 2 unspecified atom stereocenters. The molecule has 0 aliphatic carbocycles. The van der Waals surface area contributed by atoms with Gasteiger partial charge in [-0.05, 0) is 25.7 Å². The van der Waals surface area contributed by atoms with E-state index in [1.54, 1.807) is 4.90 Å². The SMILES string of the molecule is O=C(O)C1CCC(=O)N(CC2CCCCO2)C1. The summed E-state index contributed by atoms with van der Waals surface area (Å²) in [6, 6.07) is 0. The van der Waals surface area contributed by atoms with Crippen LogP contribution >= 0.6 is 0 Å². The van der Waals surface area contributed by atoms with Crippen LogP contribution in [0.25, 0.3) is 0 Å². The number of nitrogens with zero attached hydrogens (tertiary/aromatic N) is 1. The molecule has 0 aromatic heterocycles. The number of carboxylic acid groups (broad SMARTS) is 1. The maximum Gasteiger partial charge on any atom is 0.308 e. The van der Waals surface area contributed by atoms with E-state index in [9.17, 15) is 9.59 Å². The Morgan fingerprint density at radius 3 is 2.88 bits per heavy atom. The maximum atomic E-state index is 11.7. The van der Waals surface area contributed by atoms with Crippen LogP contribution < -0.4 is 0 Å². The largest absolute Gasteiger partial charge is 0.481 e. The summed E-state index contributed by atoms with van der Waals surface area (Å²) in [5, 5.41) is 8.98. The van der Waals surface area contributed by atoms with Crippen LogP contribution in [-0.4, -0.2) is 47.7 Å². The van der Waals surface area contributed by atoms with Crippen LogP contribution in [0.2, 0.25) is 0 Å². The number of carbonyl (C=O) groups is 2. The van der Waals surface area contributed by atoms with Gasteiger partial charge in [0.15, 0.2) is 0 Å². The highest BCUT2D eigenvalue weighted by molar-refractivity contribution is 5.80. The Labute approximate surface area is 101 Å². The average Bonchev–Trinajstić information content (AvgIpc) is 2.33. The molecule has 2 atom stereocenters. The second-order valence-electron chi connectivity index (χ2n) is 4.86. The van der Waals surface area contributed by atoms with Gasteiger partial charge in [-0.1, -0.05) is 0 Å². The Kier molecular flexibility index (Phi) is 3.99. The number of ether oxygens (including phenoxy) is 1. The molecule has 2 aliphatic rings. The molecule has 0 aromatic carbocycles. The summed E-state index contributed by atoms with van der Waals surface area (Å²) in [5.41, 5.74) is 0. The molecule has 2 rings (SSSR count). The summed E-state index contributed by atoms with van der Waals surface area (Å²) in [6.07, 6.45) is 4.11. The van der Waals surface area contributed by atoms with Gasteiger partial charge >= 0.3 is 5.97 Å². The number of hydrogen-bond acceptors (Lipinski definition) is 3. The van der Waals surface area contributed by atoms with Crippen molar-refractivity contribution in [2.75, 3.05) is 19.7 Å². The quantitative estimate of drug-likeness (QED) is 0.796. The minimum Gasteiger partial charge on any atom is -0.481 e. The first-order valence-electron chi connectivity index (χ1n) is 6.29. The predicted octanol–water partition coefficient (Wildman–Crippen LogP) is 0.879. The Morgan fingerprint density at radius 1 is 1.41 bits per heavy atom. The molecule has 1 amide bonds. The molecule has 2 aliphatic heterocycles. The van der Waals surface area contributed by atoms with E-state index in [2.05, 4.69) is 0 Å². The summed E-state index contributed by atoms with van der Waals surface area (Å²) in [4.78, 5) is 24.3. The standard InChI is InChI=1S/C12H19NO4/c14-11-5-4-9(12(15)16)7-13(11)8-10-3-1-2-6-17-10/h9-10H,1-8H2,(H,15,16). The molecule has 0 radical (unpaired) electrons. The smallest absolute Gasteiger partial charge is 0.308 e. The van der Waals surface area contributed by atoms with E-state index < -0.39 is 11.9 Å². The molecule has 96 valence electrons. The van der Waals surface area contributed by atoms with Gasteiger partial charge in [-0.3, -0.25) is 9.59 Å². The van der Waals surface area contributed by atoms with E-state index >= 15 is 0 Å². The van der Waals surface area contributed by atoms with E-state index in [1.165, 1.54) is 0 Å².